The van der Waals surface area contributed by atoms with Crippen LogP contribution in [-0.2, 0) is 10.0 Å². The highest BCUT2D eigenvalue weighted by atomic mass is 32.2. The van der Waals surface area contributed by atoms with E-state index in [0.717, 1.165) is 19.3 Å². The Morgan fingerprint density at radius 1 is 1.47 bits per heavy atom. The van der Waals surface area contributed by atoms with E-state index in [1.165, 1.54) is 12.1 Å². The lowest BCUT2D eigenvalue weighted by molar-refractivity contribution is 0.362. The molecule has 19 heavy (non-hydrogen) atoms. The fraction of sp³-hybridized carbons (Fsp3) is 0.462. The molecule has 0 atom stereocenters. The number of nitriles is 1. The van der Waals surface area contributed by atoms with Gasteiger partial charge < -0.3 is 0 Å². The molecule has 6 heteroatoms. The maximum Gasteiger partial charge on any atom is 0.240 e. The predicted octanol–water partition coefficient (Wildman–Crippen LogP) is 2.12. The standard InChI is InChI=1S/C13H16N2O2S2/c1-18-13(6-3-7-13)10-15-19(16,17)12-5-2-4-11(8-12)9-14/h2,4-5,8,15H,3,6-7,10H2,1H3. The van der Waals surface area contributed by atoms with Crippen molar-refractivity contribution in [3.63, 3.8) is 0 Å². The number of benzene rings is 1. The first-order chi connectivity index (χ1) is 9.01. The zero-order valence-corrected chi connectivity index (χ0v) is 12.4. The molecular weight excluding hydrogens is 280 g/mol. The minimum Gasteiger partial charge on any atom is -0.210 e. The van der Waals surface area contributed by atoms with Crippen LogP contribution in [-0.4, -0.2) is 26.0 Å². The van der Waals surface area contributed by atoms with E-state index in [4.69, 9.17) is 5.26 Å². The predicted molar refractivity (Wildman–Crippen MR) is 76.4 cm³/mol. The highest BCUT2D eigenvalue weighted by Gasteiger charge is 2.37. The summed E-state index contributed by atoms with van der Waals surface area (Å²) in [6.07, 6.45) is 5.28. The molecule has 4 nitrogen and oxygen atoms in total. The number of nitrogens with zero attached hydrogens (tertiary/aromatic N) is 1. The van der Waals surface area contributed by atoms with E-state index in [-0.39, 0.29) is 9.64 Å². The van der Waals surface area contributed by atoms with Crippen molar-refractivity contribution in [3.8, 4) is 6.07 Å². The molecule has 0 unspecified atom stereocenters. The van der Waals surface area contributed by atoms with Gasteiger partial charge in [0.2, 0.25) is 10.0 Å². The number of hydrogen-bond donors (Lipinski definition) is 1. The van der Waals surface area contributed by atoms with Crippen LogP contribution >= 0.6 is 11.8 Å². The van der Waals surface area contributed by atoms with E-state index in [9.17, 15) is 8.42 Å². The maximum absolute atomic E-state index is 12.2. The first-order valence-electron chi connectivity index (χ1n) is 6.06. The third-order valence-electron chi connectivity index (χ3n) is 3.56. The second kappa shape index (κ2) is 5.53. The quantitative estimate of drug-likeness (QED) is 0.903. The van der Waals surface area contributed by atoms with Gasteiger partial charge in [-0.3, -0.25) is 0 Å². The van der Waals surface area contributed by atoms with Gasteiger partial charge in [-0.1, -0.05) is 12.5 Å². The molecule has 1 fully saturated rings. The second-order valence-electron chi connectivity index (χ2n) is 4.70. The van der Waals surface area contributed by atoms with Crippen molar-refractivity contribution in [3.05, 3.63) is 29.8 Å². The summed E-state index contributed by atoms with van der Waals surface area (Å²) in [6.45, 7) is 0.452. The summed E-state index contributed by atoms with van der Waals surface area (Å²) >= 11 is 1.72. The van der Waals surface area contributed by atoms with E-state index in [2.05, 4.69) is 4.72 Å². The summed E-state index contributed by atoms with van der Waals surface area (Å²) in [4.78, 5) is 0.155. The number of hydrogen-bond acceptors (Lipinski definition) is 4. The summed E-state index contributed by atoms with van der Waals surface area (Å²) < 4.78 is 27.1. The Morgan fingerprint density at radius 3 is 2.74 bits per heavy atom. The average Bonchev–Trinajstić information content (AvgIpc) is 2.38. The lowest BCUT2D eigenvalue weighted by Gasteiger charge is -2.40. The van der Waals surface area contributed by atoms with Crippen LogP contribution in [0.3, 0.4) is 0 Å². The molecule has 0 heterocycles. The molecule has 0 bridgehead atoms. The van der Waals surface area contributed by atoms with Gasteiger partial charge in [-0.2, -0.15) is 17.0 Å². The molecule has 0 aliphatic heterocycles. The van der Waals surface area contributed by atoms with Gasteiger partial charge in [-0.15, -0.1) is 0 Å². The fourth-order valence-electron chi connectivity index (χ4n) is 2.07. The topological polar surface area (TPSA) is 70.0 Å². The fourth-order valence-corrected chi connectivity index (χ4v) is 4.24. The van der Waals surface area contributed by atoms with E-state index >= 15 is 0 Å². The zero-order valence-electron chi connectivity index (χ0n) is 10.7. The Bertz CT molecular complexity index is 596. The smallest absolute Gasteiger partial charge is 0.210 e. The van der Waals surface area contributed by atoms with Gasteiger partial charge in [0.25, 0.3) is 0 Å². The molecule has 0 saturated heterocycles. The molecule has 1 saturated carbocycles. The molecule has 0 radical (unpaired) electrons. The van der Waals surface area contributed by atoms with Crippen LogP contribution < -0.4 is 4.72 Å². The van der Waals surface area contributed by atoms with Gasteiger partial charge in [0.05, 0.1) is 16.5 Å². The summed E-state index contributed by atoms with van der Waals surface area (Å²) in [5, 5.41) is 8.80. The molecule has 0 aromatic heterocycles. The van der Waals surface area contributed by atoms with Crippen LogP contribution in [0, 0.1) is 11.3 Å². The summed E-state index contributed by atoms with van der Waals surface area (Å²) in [5.74, 6) is 0. The average molecular weight is 296 g/mol. The Balaban J connectivity index is 2.12. The highest BCUT2D eigenvalue weighted by Crippen LogP contribution is 2.42. The minimum atomic E-state index is -3.53. The molecule has 1 aromatic rings. The van der Waals surface area contributed by atoms with Gasteiger partial charge in [0.15, 0.2) is 0 Å². The Labute approximate surface area is 118 Å². The summed E-state index contributed by atoms with van der Waals surface area (Å²) in [7, 11) is -3.53. The summed E-state index contributed by atoms with van der Waals surface area (Å²) in [6, 6.07) is 8.03. The first kappa shape index (κ1) is 14.4. The van der Waals surface area contributed by atoms with E-state index < -0.39 is 10.0 Å². The third kappa shape index (κ3) is 3.11. The van der Waals surface area contributed by atoms with Gasteiger partial charge >= 0.3 is 0 Å². The van der Waals surface area contributed by atoms with E-state index in [1.54, 1.807) is 23.9 Å². The zero-order chi connectivity index (χ0) is 13.9. The Hall–Kier alpha value is -1.03. The second-order valence-corrected chi connectivity index (χ2v) is 7.75. The number of sulfonamides is 1. The van der Waals surface area contributed by atoms with Gasteiger partial charge in [0.1, 0.15) is 0 Å². The lowest BCUT2D eigenvalue weighted by atomic mass is 9.84. The highest BCUT2D eigenvalue weighted by molar-refractivity contribution is 8.00. The van der Waals surface area contributed by atoms with Crippen molar-refractivity contribution >= 4 is 21.8 Å². The molecule has 2 rings (SSSR count). The van der Waals surface area contributed by atoms with Crippen LogP contribution in [0.2, 0.25) is 0 Å². The van der Waals surface area contributed by atoms with Crippen LogP contribution in [0.1, 0.15) is 24.8 Å². The SMILES string of the molecule is CSC1(CNS(=O)(=O)c2cccc(C#N)c2)CCC1. The van der Waals surface area contributed by atoms with Crippen molar-refractivity contribution in [1.29, 1.82) is 5.26 Å². The van der Waals surface area contributed by atoms with Crippen molar-refractivity contribution < 1.29 is 8.42 Å². The van der Waals surface area contributed by atoms with Crippen molar-refractivity contribution in [1.82, 2.24) is 4.72 Å². The molecule has 1 N–H and O–H groups in total. The molecule has 0 spiro atoms. The first-order valence-corrected chi connectivity index (χ1v) is 8.77. The number of thioether (sulfide) groups is 1. The molecule has 102 valence electrons. The summed E-state index contributed by atoms with van der Waals surface area (Å²) in [5.41, 5.74) is 0.353. The Morgan fingerprint density at radius 2 is 2.21 bits per heavy atom. The normalized spacial score (nSPS) is 17.5. The Kier molecular flexibility index (Phi) is 4.19. The van der Waals surface area contributed by atoms with Crippen molar-refractivity contribution in [2.24, 2.45) is 0 Å². The monoisotopic (exact) mass is 296 g/mol. The van der Waals surface area contributed by atoms with Gasteiger partial charge in [0, 0.05) is 11.3 Å². The van der Waals surface area contributed by atoms with Crippen LogP contribution in [0.15, 0.2) is 29.2 Å². The molecule has 1 aromatic carbocycles. The molecule has 1 aliphatic carbocycles. The number of nitrogens with one attached hydrogen (secondary N) is 1. The third-order valence-corrected chi connectivity index (χ3v) is 6.37. The van der Waals surface area contributed by atoms with Crippen molar-refractivity contribution in [2.75, 3.05) is 12.8 Å². The number of rotatable bonds is 5. The molecular formula is C13H16N2O2S2. The van der Waals surface area contributed by atoms with Gasteiger partial charge in [-0.25, -0.2) is 13.1 Å². The van der Waals surface area contributed by atoms with Gasteiger partial charge in [-0.05, 0) is 37.3 Å². The minimum absolute atomic E-state index is 0.0555. The van der Waals surface area contributed by atoms with Crippen LogP contribution in [0.4, 0.5) is 0 Å². The largest absolute Gasteiger partial charge is 0.240 e. The van der Waals surface area contributed by atoms with E-state index in [0.29, 0.717) is 12.1 Å². The molecule has 0 amide bonds. The van der Waals surface area contributed by atoms with Crippen LogP contribution in [0.5, 0.6) is 0 Å². The molecule has 1 aliphatic rings. The maximum atomic E-state index is 12.2. The van der Waals surface area contributed by atoms with E-state index in [1.807, 2.05) is 12.3 Å². The van der Waals surface area contributed by atoms with Crippen molar-refractivity contribution in [2.45, 2.75) is 28.9 Å². The van der Waals surface area contributed by atoms with Crippen LogP contribution in [0.25, 0.3) is 0 Å². The lowest BCUT2D eigenvalue weighted by Crippen LogP contribution is -2.45.